The van der Waals surface area contributed by atoms with Crippen LogP contribution in [-0.2, 0) is 25.7 Å². The Morgan fingerprint density at radius 1 is 0.895 bits per heavy atom. The maximum absolute atomic E-state index is 2.54. The van der Waals surface area contributed by atoms with E-state index in [2.05, 4.69) is 32.9 Å². The molecule has 0 atom stereocenters. The van der Waals surface area contributed by atoms with Crippen LogP contribution >= 0.6 is 0 Å². The molecule has 0 unspecified atom stereocenters. The van der Waals surface area contributed by atoms with Crippen LogP contribution in [0.15, 0.2) is 12.1 Å². The Balaban J connectivity index is 0.000000902. The van der Waals surface area contributed by atoms with Crippen molar-refractivity contribution < 1.29 is 0 Å². The van der Waals surface area contributed by atoms with Gasteiger partial charge in [-0.25, -0.2) is 0 Å². The third-order valence-corrected chi connectivity index (χ3v) is 5.02. The van der Waals surface area contributed by atoms with Crippen LogP contribution in [0.2, 0.25) is 0 Å². The van der Waals surface area contributed by atoms with E-state index >= 15 is 0 Å². The fraction of sp³-hybridized carbons (Fsp3) is 0.684. The van der Waals surface area contributed by atoms with E-state index in [1.807, 2.05) is 0 Å². The summed E-state index contributed by atoms with van der Waals surface area (Å²) in [5.41, 5.74) is 6.67. The van der Waals surface area contributed by atoms with E-state index in [0.29, 0.717) is 0 Å². The summed E-state index contributed by atoms with van der Waals surface area (Å²) in [6.45, 7) is 7.08. The molecule has 0 bridgehead atoms. The monoisotopic (exact) mass is 260 g/mol. The van der Waals surface area contributed by atoms with Crippen molar-refractivity contribution in [3.8, 4) is 0 Å². The third-order valence-electron chi connectivity index (χ3n) is 5.02. The van der Waals surface area contributed by atoms with Crippen LogP contribution in [0.25, 0.3) is 0 Å². The van der Waals surface area contributed by atoms with Gasteiger partial charge in [0.25, 0.3) is 0 Å². The van der Waals surface area contributed by atoms with E-state index < -0.39 is 0 Å². The SMILES string of the molecule is C.C.CCC1Cc2cc3c(cc2C1)CC(C(C)C)C3. The Bertz CT molecular complexity index is 393. The second-order valence-electron chi connectivity index (χ2n) is 6.48. The average molecular weight is 260 g/mol. The molecule has 3 rings (SSSR count). The van der Waals surface area contributed by atoms with Crippen molar-refractivity contribution in [3.63, 3.8) is 0 Å². The number of hydrogen-bond donors (Lipinski definition) is 0. The Hall–Kier alpha value is -0.780. The molecule has 2 aliphatic carbocycles. The van der Waals surface area contributed by atoms with Gasteiger partial charge in [0.2, 0.25) is 0 Å². The second kappa shape index (κ2) is 6.11. The summed E-state index contributed by atoms with van der Waals surface area (Å²) < 4.78 is 0. The molecular weight excluding hydrogens is 228 g/mol. The highest BCUT2D eigenvalue weighted by Crippen LogP contribution is 2.37. The zero-order valence-corrected chi connectivity index (χ0v) is 11.4. The number of hydrogen-bond acceptors (Lipinski definition) is 0. The summed E-state index contributed by atoms with van der Waals surface area (Å²) in [4.78, 5) is 0. The van der Waals surface area contributed by atoms with Crippen molar-refractivity contribution in [3.05, 3.63) is 34.4 Å². The minimum atomic E-state index is 0. The van der Waals surface area contributed by atoms with Gasteiger partial charge in [-0.05, 0) is 65.7 Å². The van der Waals surface area contributed by atoms with E-state index in [1.165, 1.54) is 32.1 Å². The molecule has 0 nitrogen and oxygen atoms in total. The lowest BCUT2D eigenvalue weighted by Gasteiger charge is -2.12. The van der Waals surface area contributed by atoms with Crippen molar-refractivity contribution in [1.82, 2.24) is 0 Å². The van der Waals surface area contributed by atoms with Gasteiger partial charge in [0.05, 0.1) is 0 Å². The van der Waals surface area contributed by atoms with E-state index in [9.17, 15) is 0 Å². The molecule has 0 saturated carbocycles. The van der Waals surface area contributed by atoms with Crippen molar-refractivity contribution in [2.75, 3.05) is 0 Å². The normalized spacial score (nSPS) is 17.9. The van der Waals surface area contributed by atoms with E-state index in [0.717, 1.165) is 17.8 Å². The molecule has 2 aliphatic rings. The van der Waals surface area contributed by atoms with Gasteiger partial charge in [0.1, 0.15) is 0 Å². The maximum atomic E-state index is 2.54. The quantitative estimate of drug-likeness (QED) is 0.663. The third kappa shape index (κ3) is 2.88. The van der Waals surface area contributed by atoms with Crippen molar-refractivity contribution >= 4 is 0 Å². The molecule has 19 heavy (non-hydrogen) atoms. The van der Waals surface area contributed by atoms with Crippen LogP contribution in [0, 0.1) is 17.8 Å². The summed E-state index contributed by atoms with van der Waals surface area (Å²) in [6, 6.07) is 5.09. The molecule has 1 aromatic carbocycles. The molecule has 0 heterocycles. The summed E-state index contributed by atoms with van der Waals surface area (Å²) in [5, 5.41) is 0. The molecule has 0 amide bonds. The molecule has 0 fully saturated rings. The van der Waals surface area contributed by atoms with Gasteiger partial charge >= 0.3 is 0 Å². The summed E-state index contributed by atoms with van der Waals surface area (Å²) >= 11 is 0. The van der Waals surface area contributed by atoms with Gasteiger partial charge in [0, 0.05) is 0 Å². The molecule has 0 aromatic heterocycles. The van der Waals surface area contributed by atoms with Crippen molar-refractivity contribution in [2.45, 2.75) is 67.7 Å². The highest BCUT2D eigenvalue weighted by molar-refractivity contribution is 5.44. The van der Waals surface area contributed by atoms with Gasteiger partial charge in [-0.2, -0.15) is 0 Å². The molecule has 1 aromatic rings. The molecule has 0 heteroatoms. The lowest BCUT2D eigenvalue weighted by atomic mass is 9.93. The fourth-order valence-electron chi connectivity index (χ4n) is 3.64. The summed E-state index contributed by atoms with van der Waals surface area (Å²) in [5.74, 6) is 2.66. The van der Waals surface area contributed by atoms with Crippen LogP contribution in [0.3, 0.4) is 0 Å². The highest BCUT2D eigenvalue weighted by Gasteiger charge is 2.28. The zero-order chi connectivity index (χ0) is 12.0. The van der Waals surface area contributed by atoms with Gasteiger partial charge in [-0.3, -0.25) is 0 Å². The molecule has 0 saturated heterocycles. The van der Waals surface area contributed by atoms with Crippen LogP contribution in [-0.4, -0.2) is 0 Å². The first-order valence-electron chi connectivity index (χ1n) is 7.31. The van der Waals surface area contributed by atoms with Crippen molar-refractivity contribution in [1.29, 1.82) is 0 Å². The topological polar surface area (TPSA) is 0 Å². The lowest BCUT2D eigenvalue weighted by molar-refractivity contribution is 0.404. The first kappa shape index (κ1) is 16.3. The van der Waals surface area contributed by atoms with Crippen LogP contribution in [0.1, 0.15) is 64.3 Å². The minimum absolute atomic E-state index is 0. The summed E-state index contributed by atoms with van der Waals surface area (Å²) in [7, 11) is 0. The Kier molecular flexibility index (Phi) is 5.24. The van der Waals surface area contributed by atoms with Gasteiger partial charge in [-0.1, -0.05) is 54.2 Å². The fourth-order valence-corrected chi connectivity index (χ4v) is 3.64. The van der Waals surface area contributed by atoms with E-state index in [1.54, 1.807) is 22.3 Å². The average Bonchev–Trinajstić information content (AvgIpc) is 2.87. The predicted molar refractivity (Wildman–Crippen MR) is 86.8 cm³/mol. The molecule has 0 spiro atoms. The number of fused-ring (bicyclic) bond motifs is 2. The molecule has 108 valence electrons. The van der Waals surface area contributed by atoms with Crippen molar-refractivity contribution in [2.24, 2.45) is 17.8 Å². The van der Waals surface area contributed by atoms with Crippen LogP contribution in [0.4, 0.5) is 0 Å². The van der Waals surface area contributed by atoms with Crippen LogP contribution in [0.5, 0.6) is 0 Å². The van der Waals surface area contributed by atoms with Gasteiger partial charge < -0.3 is 0 Å². The molecule has 0 radical (unpaired) electrons. The minimum Gasteiger partial charge on any atom is -0.0776 e. The second-order valence-corrected chi connectivity index (χ2v) is 6.48. The predicted octanol–water partition coefficient (Wildman–Crippen LogP) is 5.45. The first-order valence-corrected chi connectivity index (χ1v) is 7.31. The molecule has 0 aliphatic heterocycles. The zero-order valence-electron chi connectivity index (χ0n) is 11.4. The smallest absolute Gasteiger partial charge is 0.0242 e. The largest absolute Gasteiger partial charge is 0.0776 e. The number of benzene rings is 1. The van der Waals surface area contributed by atoms with E-state index in [-0.39, 0.29) is 14.9 Å². The molecular formula is C19H32. The highest BCUT2D eigenvalue weighted by atomic mass is 14.3. The lowest BCUT2D eigenvalue weighted by Crippen LogP contribution is -2.07. The standard InChI is InChI=1S/C17H24.2CH4/c1-4-12-5-14-9-16-7-13(11(2)3)8-17(16)10-15(14)6-12;;/h9-13H,4-8H2,1-3H3;2*1H4. The maximum Gasteiger partial charge on any atom is -0.0242 e. The van der Waals surface area contributed by atoms with Gasteiger partial charge in [0.15, 0.2) is 0 Å². The Labute approximate surface area is 120 Å². The summed E-state index contributed by atoms with van der Waals surface area (Å²) in [6.07, 6.45) is 6.68. The Morgan fingerprint density at radius 3 is 1.68 bits per heavy atom. The Morgan fingerprint density at radius 2 is 1.32 bits per heavy atom. The first-order chi connectivity index (χ1) is 8.17. The molecule has 0 N–H and O–H groups in total. The van der Waals surface area contributed by atoms with E-state index in [4.69, 9.17) is 0 Å². The van der Waals surface area contributed by atoms with Crippen LogP contribution < -0.4 is 0 Å². The number of rotatable bonds is 2. The van der Waals surface area contributed by atoms with Gasteiger partial charge in [-0.15, -0.1) is 0 Å².